The summed E-state index contributed by atoms with van der Waals surface area (Å²) in [5.41, 5.74) is 15.0. The van der Waals surface area contributed by atoms with Crippen molar-refractivity contribution in [3.8, 4) is 5.75 Å². The summed E-state index contributed by atoms with van der Waals surface area (Å²) in [6, 6.07) is 25.8. The number of aryl methyl sites for hydroxylation is 3. The summed E-state index contributed by atoms with van der Waals surface area (Å²) in [4.78, 5) is 0. The second kappa shape index (κ2) is 13.0. The maximum absolute atomic E-state index is 5.26. The molecule has 1 N–H and O–H groups in total. The summed E-state index contributed by atoms with van der Waals surface area (Å²) in [6.07, 6.45) is 4.03. The average molecular weight is 431 g/mol. The first kappa shape index (κ1) is 24.0. The molecule has 169 valence electrons. The van der Waals surface area contributed by atoms with Gasteiger partial charge < -0.3 is 4.74 Å². The third-order valence-electron chi connectivity index (χ3n) is 5.62. The van der Waals surface area contributed by atoms with Crippen LogP contribution in [0.25, 0.3) is 0 Å². The number of methoxy groups -OCH3 is 1. The lowest BCUT2D eigenvalue weighted by atomic mass is 10.1. The molecular formula is C28H36N3O. The molecule has 0 aliphatic carbocycles. The molecule has 0 aliphatic rings. The monoisotopic (exact) mass is 430 g/mol. The lowest BCUT2D eigenvalue weighted by molar-refractivity contribution is 0.109. The van der Waals surface area contributed by atoms with Gasteiger partial charge in [-0.2, -0.15) is 5.12 Å². The molecule has 4 nitrogen and oxygen atoms in total. The molecule has 3 rings (SSSR count). The van der Waals surface area contributed by atoms with Crippen LogP contribution in [-0.4, -0.2) is 31.9 Å². The van der Waals surface area contributed by atoms with Crippen LogP contribution in [-0.2, 0) is 19.3 Å². The predicted molar refractivity (Wildman–Crippen MR) is 133 cm³/mol. The van der Waals surface area contributed by atoms with Gasteiger partial charge in [-0.1, -0.05) is 71.8 Å². The Hall–Kier alpha value is -2.66. The van der Waals surface area contributed by atoms with Gasteiger partial charge in [0.15, 0.2) is 0 Å². The molecule has 3 aromatic rings. The summed E-state index contributed by atoms with van der Waals surface area (Å²) >= 11 is 0. The van der Waals surface area contributed by atoms with Gasteiger partial charge in [-0.3, -0.25) is 0 Å². The zero-order chi connectivity index (χ0) is 22.6. The Bertz CT molecular complexity index is 905. The van der Waals surface area contributed by atoms with E-state index < -0.39 is 0 Å². The molecule has 0 aromatic heterocycles. The molecule has 3 aromatic carbocycles. The van der Waals surface area contributed by atoms with Gasteiger partial charge in [0.25, 0.3) is 0 Å². The first-order valence-corrected chi connectivity index (χ1v) is 11.5. The largest absolute Gasteiger partial charge is 0.497 e. The van der Waals surface area contributed by atoms with E-state index in [4.69, 9.17) is 10.2 Å². The molecule has 0 bridgehead atoms. The van der Waals surface area contributed by atoms with Crippen molar-refractivity contribution < 1.29 is 4.74 Å². The number of nitrogens with one attached hydrogen (secondary N) is 1. The number of nitrogens with zero attached hydrogens (tertiary/aromatic N) is 2. The number of hydrogen-bond acceptors (Lipinski definition) is 3. The fourth-order valence-electron chi connectivity index (χ4n) is 3.54. The van der Waals surface area contributed by atoms with E-state index in [0.717, 1.165) is 51.1 Å². The number of rotatable bonds is 13. The zero-order valence-corrected chi connectivity index (χ0v) is 19.7. The van der Waals surface area contributed by atoms with E-state index in [9.17, 15) is 0 Å². The summed E-state index contributed by atoms with van der Waals surface area (Å²) < 4.78 is 5.26. The Balaban J connectivity index is 1.47. The molecule has 0 fully saturated rings. The van der Waals surface area contributed by atoms with Crippen LogP contribution in [0.15, 0.2) is 72.8 Å². The highest BCUT2D eigenvalue weighted by Gasteiger charge is 2.07. The number of ether oxygens (including phenoxy) is 1. The van der Waals surface area contributed by atoms with Gasteiger partial charge in [0.1, 0.15) is 5.75 Å². The van der Waals surface area contributed by atoms with Crippen molar-refractivity contribution in [1.82, 2.24) is 16.0 Å². The van der Waals surface area contributed by atoms with Crippen molar-refractivity contribution in [3.05, 3.63) is 101 Å². The van der Waals surface area contributed by atoms with Crippen LogP contribution in [0.3, 0.4) is 0 Å². The summed E-state index contributed by atoms with van der Waals surface area (Å²) in [5.74, 6) is 0.891. The van der Waals surface area contributed by atoms with Gasteiger partial charge in [-0.25, -0.2) is 5.43 Å². The molecule has 0 atom stereocenters. The van der Waals surface area contributed by atoms with Crippen LogP contribution in [0.5, 0.6) is 5.75 Å². The van der Waals surface area contributed by atoms with E-state index in [1.54, 1.807) is 7.11 Å². The van der Waals surface area contributed by atoms with Crippen molar-refractivity contribution in [3.63, 3.8) is 0 Å². The Morgan fingerprint density at radius 2 is 1.25 bits per heavy atom. The van der Waals surface area contributed by atoms with Gasteiger partial charge in [0, 0.05) is 19.6 Å². The van der Waals surface area contributed by atoms with Gasteiger partial charge >= 0.3 is 0 Å². The highest BCUT2D eigenvalue weighted by molar-refractivity contribution is 5.27. The highest BCUT2D eigenvalue weighted by Crippen LogP contribution is 2.12. The summed E-state index contributed by atoms with van der Waals surface area (Å²) in [7, 11) is 1.70. The lowest BCUT2D eigenvalue weighted by Gasteiger charge is -2.22. The summed E-state index contributed by atoms with van der Waals surface area (Å²) in [5, 5.41) is 2.04. The molecule has 0 heterocycles. The maximum atomic E-state index is 5.26. The third kappa shape index (κ3) is 8.46. The standard InChI is InChI=1S/C28H36N3O/c1-23-6-10-25(11-7-23)5-4-20-29-31(22-19-27-14-16-28(32-3)17-15-27)30-21-18-26-12-8-24(2)9-13-26/h6-17,29H,4-5,18-22H2,1-3H3. The molecule has 0 unspecified atom stereocenters. The molecular weight excluding hydrogens is 394 g/mol. The fraction of sp³-hybridized carbons (Fsp3) is 0.357. The van der Waals surface area contributed by atoms with Gasteiger partial charge in [-0.15, -0.1) is 5.43 Å². The highest BCUT2D eigenvalue weighted by atomic mass is 16.5. The lowest BCUT2D eigenvalue weighted by Crippen LogP contribution is -2.46. The smallest absolute Gasteiger partial charge is 0.118 e. The average Bonchev–Trinajstić information content (AvgIpc) is 2.82. The number of benzene rings is 3. The Kier molecular flexibility index (Phi) is 9.76. The van der Waals surface area contributed by atoms with E-state index >= 15 is 0 Å². The molecule has 0 saturated carbocycles. The first-order chi connectivity index (χ1) is 15.6. The van der Waals surface area contributed by atoms with Gasteiger partial charge in [0.2, 0.25) is 0 Å². The maximum Gasteiger partial charge on any atom is 0.118 e. The van der Waals surface area contributed by atoms with Crippen molar-refractivity contribution in [2.75, 3.05) is 26.7 Å². The van der Waals surface area contributed by atoms with E-state index in [-0.39, 0.29) is 0 Å². The van der Waals surface area contributed by atoms with Crippen LogP contribution < -0.4 is 15.6 Å². The van der Waals surface area contributed by atoms with Crippen LogP contribution in [0, 0.1) is 13.8 Å². The topological polar surface area (TPSA) is 38.6 Å². The van der Waals surface area contributed by atoms with Crippen molar-refractivity contribution in [1.29, 1.82) is 0 Å². The minimum Gasteiger partial charge on any atom is -0.497 e. The van der Waals surface area contributed by atoms with Crippen molar-refractivity contribution >= 4 is 0 Å². The second-order valence-corrected chi connectivity index (χ2v) is 8.32. The molecule has 0 amide bonds. The van der Waals surface area contributed by atoms with Gasteiger partial charge in [0.05, 0.1) is 7.11 Å². The van der Waals surface area contributed by atoms with Crippen LogP contribution >= 0.6 is 0 Å². The predicted octanol–water partition coefficient (Wildman–Crippen LogP) is 5.06. The normalized spacial score (nSPS) is 11.1. The third-order valence-corrected chi connectivity index (χ3v) is 5.62. The second-order valence-electron chi connectivity index (χ2n) is 8.32. The fourth-order valence-corrected chi connectivity index (χ4v) is 3.54. The van der Waals surface area contributed by atoms with Crippen molar-refractivity contribution in [2.45, 2.75) is 39.5 Å². The SMILES string of the molecule is COc1ccc(CCN([N]CCc2ccc(C)cc2)NCCCc2ccc(C)cc2)cc1. The quantitative estimate of drug-likeness (QED) is 0.304. The first-order valence-electron chi connectivity index (χ1n) is 11.5. The Morgan fingerprint density at radius 1 is 0.719 bits per heavy atom. The van der Waals surface area contributed by atoms with E-state index in [1.165, 1.54) is 27.8 Å². The van der Waals surface area contributed by atoms with Gasteiger partial charge in [-0.05, 0) is 68.4 Å². The van der Waals surface area contributed by atoms with E-state index in [0.29, 0.717) is 0 Å². The van der Waals surface area contributed by atoms with Crippen LogP contribution in [0.4, 0.5) is 0 Å². The molecule has 0 spiro atoms. The molecule has 1 radical (unpaired) electrons. The molecule has 0 saturated heterocycles. The van der Waals surface area contributed by atoms with Crippen LogP contribution in [0.1, 0.15) is 34.2 Å². The minimum absolute atomic E-state index is 0.774. The number of hydrogen-bond donors (Lipinski definition) is 1. The Labute approximate surface area is 193 Å². The molecule has 0 aliphatic heterocycles. The van der Waals surface area contributed by atoms with Crippen LogP contribution in [0.2, 0.25) is 0 Å². The van der Waals surface area contributed by atoms with Crippen molar-refractivity contribution in [2.24, 2.45) is 0 Å². The number of hydrazine groups is 1. The minimum atomic E-state index is 0.774. The summed E-state index contributed by atoms with van der Waals surface area (Å²) in [6.45, 7) is 6.77. The van der Waals surface area contributed by atoms with E-state index in [2.05, 4.69) is 79.9 Å². The van der Waals surface area contributed by atoms with E-state index in [1.807, 2.05) is 17.3 Å². The molecule has 32 heavy (non-hydrogen) atoms. The Morgan fingerprint density at radius 3 is 1.84 bits per heavy atom. The zero-order valence-electron chi connectivity index (χ0n) is 19.7. The molecule has 4 heteroatoms.